The Kier molecular flexibility index (Phi) is 9.89. The number of hydrogen-bond acceptors (Lipinski definition) is 8. The van der Waals surface area contributed by atoms with Gasteiger partial charge in [-0.2, -0.15) is 0 Å². The molecule has 8 heteroatoms. The maximum absolute atomic E-state index is 12.6. The maximum Gasteiger partial charge on any atom is 0.309 e. The summed E-state index contributed by atoms with van der Waals surface area (Å²) in [5.41, 5.74) is 4.75. The fourth-order valence-corrected chi connectivity index (χ4v) is 10.8. The zero-order valence-corrected chi connectivity index (χ0v) is 31.6. The van der Waals surface area contributed by atoms with Crippen molar-refractivity contribution >= 4 is 11.7 Å². The molecule has 6 heterocycles. The van der Waals surface area contributed by atoms with Crippen molar-refractivity contribution in [3.63, 3.8) is 0 Å². The molecule has 0 saturated carbocycles. The van der Waals surface area contributed by atoms with Crippen molar-refractivity contribution in [1.82, 2.24) is 0 Å². The molecule has 4 fully saturated rings. The molecule has 4 bridgehead atoms. The molecule has 4 saturated heterocycles. The number of cyclic esters (lactones) is 1. The number of allylic oxidation sites excluding steroid dienone is 2. The summed E-state index contributed by atoms with van der Waals surface area (Å²) >= 11 is 0. The molecular formula is C42H63NO7. The Morgan fingerprint density at radius 2 is 1.78 bits per heavy atom. The molecule has 1 unspecified atom stereocenters. The second kappa shape index (κ2) is 13.5. The first kappa shape index (κ1) is 36.5. The SMILES string of the molecule is C=C1CCCC2=NC[C@H](C)CC[C@@]23CCC([C@@H]2CC(C)C(=O)O2)=C(C)[C@@H]3/C=C(\C)[C@@H](O)C[C@H]2O[C@]3(CC[C@@]4(O[C@@H](CC[C@@]4(C)O)C1)O3)C[C@H]2C. The highest BCUT2D eigenvalue weighted by Crippen LogP contribution is 2.57. The van der Waals surface area contributed by atoms with Crippen molar-refractivity contribution in [2.75, 3.05) is 6.54 Å². The zero-order chi connectivity index (χ0) is 35.6. The molecule has 8 nitrogen and oxygen atoms in total. The lowest BCUT2D eigenvalue weighted by molar-refractivity contribution is -0.387. The molecule has 2 N–H and O–H groups in total. The van der Waals surface area contributed by atoms with Crippen molar-refractivity contribution in [3.8, 4) is 0 Å². The standard InChI is InChI=1S/C42H63NO7/c1-25-9-8-10-37-40(15-11-26(2)24-43-37)16-13-32(36-21-28(4)38(45)47-36)30(6)33(40)20-27(3)34(44)22-35-29(5)23-41(49-35)17-18-42(50-41)39(7,46)14-12-31(19-25)48-42/h20,26,28-29,31,33-36,44,46H,1,8-19,21-24H2,2-7H3/b27-20+/t26-,28?,29-,31+,33+,34+,35-,36+,39-,40+,41+,42-/m1/s1. The fraction of sp³-hybridized carbons (Fsp3) is 0.810. The molecule has 0 amide bonds. The third kappa shape index (κ3) is 6.52. The highest BCUT2D eigenvalue weighted by Gasteiger charge is 2.64. The van der Waals surface area contributed by atoms with E-state index in [4.69, 9.17) is 23.9 Å². The van der Waals surface area contributed by atoms with E-state index in [9.17, 15) is 15.0 Å². The highest BCUT2D eigenvalue weighted by molar-refractivity contribution is 5.92. The van der Waals surface area contributed by atoms with E-state index in [0.717, 1.165) is 76.3 Å². The molecule has 50 heavy (non-hydrogen) atoms. The molecule has 0 aromatic heterocycles. The van der Waals surface area contributed by atoms with E-state index in [1.165, 1.54) is 22.4 Å². The summed E-state index contributed by atoms with van der Waals surface area (Å²) in [5.74, 6) is -1.36. The van der Waals surface area contributed by atoms with E-state index in [0.29, 0.717) is 38.0 Å². The Bertz CT molecular complexity index is 1450. The van der Waals surface area contributed by atoms with Crippen LogP contribution in [0.3, 0.4) is 0 Å². The minimum Gasteiger partial charge on any atom is -0.458 e. The monoisotopic (exact) mass is 693 g/mol. The quantitative estimate of drug-likeness (QED) is 0.212. The minimum atomic E-state index is -1.12. The number of esters is 1. The third-order valence-electron chi connectivity index (χ3n) is 14.1. The zero-order valence-electron chi connectivity index (χ0n) is 31.6. The van der Waals surface area contributed by atoms with Gasteiger partial charge in [0.15, 0.2) is 5.79 Å². The predicted molar refractivity (Wildman–Crippen MR) is 193 cm³/mol. The van der Waals surface area contributed by atoms with Crippen LogP contribution in [-0.2, 0) is 23.7 Å². The molecule has 3 spiro atoms. The molecule has 1 aliphatic carbocycles. The molecule has 0 aromatic rings. The number of rotatable bonds is 1. The summed E-state index contributed by atoms with van der Waals surface area (Å²) in [4.78, 5) is 18.0. The van der Waals surface area contributed by atoms with Gasteiger partial charge in [0.05, 0.1) is 24.2 Å². The number of ether oxygens (including phenoxy) is 4. The van der Waals surface area contributed by atoms with Crippen LogP contribution in [0.5, 0.6) is 0 Å². The Hall–Kier alpha value is -1.84. The summed E-state index contributed by atoms with van der Waals surface area (Å²) < 4.78 is 26.3. The lowest BCUT2D eigenvalue weighted by Gasteiger charge is -2.49. The first-order valence-electron chi connectivity index (χ1n) is 19.9. The van der Waals surface area contributed by atoms with Crippen LogP contribution in [0.1, 0.15) is 138 Å². The second-order valence-electron chi connectivity index (χ2n) is 18.0. The Morgan fingerprint density at radius 1 is 0.980 bits per heavy atom. The van der Waals surface area contributed by atoms with Crippen LogP contribution in [0, 0.1) is 29.1 Å². The van der Waals surface area contributed by atoms with Gasteiger partial charge in [0.1, 0.15) is 11.7 Å². The van der Waals surface area contributed by atoms with E-state index >= 15 is 0 Å². The average Bonchev–Trinajstić information content (AvgIpc) is 3.65. The van der Waals surface area contributed by atoms with E-state index in [1.54, 1.807) is 0 Å². The summed E-state index contributed by atoms with van der Waals surface area (Å²) in [6.45, 7) is 18.0. The van der Waals surface area contributed by atoms with E-state index < -0.39 is 23.3 Å². The smallest absolute Gasteiger partial charge is 0.309 e. The largest absolute Gasteiger partial charge is 0.458 e. The molecule has 0 radical (unpaired) electrons. The van der Waals surface area contributed by atoms with Crippen LogP contribution in [-0.4, -0.2) is 70.0 Å². The lowest BCUT2D eigenvalue weighted by Crippen LogP contribution is -2.60. The Balaban J connectivity index is 1.26. The van der Waals surface area contributed by atoms with Gasteiger partial charge in [0, 0.05) is 55.7 Å². The summed E-state index contributed by atoms with van der Waals surface area (Å²) in [6, 6.07) is 0. The molecule has 7 rings (SSSR count). The van der Waals surface area contributed by atoms with E-state index in [-0.39, 0.29) is 47.4 Å². The first-order chi connectivity index (χ1) is 23.6. The van der Waals surface area contributed by atoms with Crippen molar-refractivity contribution in [2.24, 2.45) is 34.1 Å². The summed E-state index contributed by atoms with van der Waals surface area (Å²) in [5, 5.41) is 23.6. The van der Waals surface area contributed by atoms with Crippen molar-refractivity contribution in [2.45, 2.75) is 179 Å². The van der Waals surface area contributed by atoms with Gasteiger partial charge in [-0.15, -0.1) is 0 Å². The highest BCUT2D eigenvalue weighted by atomic mass is 16.8. The maximum atomic E-state index is 12.6. The Labute approximate surface area is 300 Å². The third-order valence-corrected chi connectivity index (χ3v) is 14.1. The topological polar surface area (TPSA) is 107 Å². The molecular weight excluding hydrogens is 630 g/mol. The average molecular weight is 694 g/mol. The Morgan fingerprint density at radius 3 is 2.54 bits per heavy atom. The summed E-state index contributed by atoms with van der Waals surface area (Å²) in [7, 11) is 0. The normalized spacial score (nSPS) is 48.6. The van der Waals surface area contributed by atoms with Gasteiger partial charge in [-0.05, 0) is 108 Å². The molecule has 7 aliphatic rings. The number of carbonyl (C=O) groups is 1. The van der Waals surface area contributed by atoms with Crippen molar-refractivity contribution < 1.29 is 34.0 Å². The van der Waals surface area contributed by atoms with Crippen molar-refractivity contribution in [1.29, 1.82) is 0 Å². The minimum absolute atomic E-state index is 0.0611. The van der Waals surface area contributed by atoms with Gasteiger partial charge in [-0.3, -0.25) is 9.79 Å². The van der Waals surface area contributed by atoms with Gasteiger partial charge < -0.3 is 29.2 Å². The van der Waals surface area contributed by atoms with Crippen LogP contribution in [0.4, 0.5) is 0 Å². The molecule has 12 atom stereocenters. The van der Waals surface area contributed by atoms with Crippen LogP contribution >= 0.6 is 0 Å². The number of nitrogens with zero attached hydrogens (tertiary/aromatic N) is 1. The fourth-order valence-electron chi connectivity index (χ4n) is 10.8. The number of hydrogen-bond donors (Lipinski definition) is 2. The predicted octanol–water partition coefficient (Wildman–Crippen LogP) is 7.91. The summed E-state index contributed by atoms with van der Waals surface area (Å²) in [6.07, 6.45) is 13.4. The number of fused-ring (bicyclic) bond motifs is 2. The molecule has 278 valence electrons. The number of aliphatic hydroxyl groups is 2. The number of aliphatic hydroxyl groups excluding tert-OH is 1. The second-order valence-corrected chi connectivity index (χ2v) is 18.0. The van der Waals surface area contributed by atoms with Crippen LogP contribution in [0.2, 0.25) is 0 Å². The van der Waals surface area contributed by atoms with Crippen LogP contribution < -0.4 is 0 Å². The molecule has 6 aliphatic heterocycles. The number of carbonyl (C=O) groups excluding carboxylic acids is 1. The van der Waals surface area contributed by atoms with Gasteiger partial charge >= 0.3 is 5.97 Å². The number of aliphatic imine (C=N–C) groups is 1. The van der Waals surface area contributed by atoms with Crippen LogP contribution in [0.15, 0.2) is 39.9 Å². The van der Waals surface area contributed by atoms with Gasteiger partial charge in [-0.1, -0.05) is 44.6 Å². The van der Waals surface area contributed by atoms with Gasteiger partial charge in [-0.25, -0.2) is 0 Å². The first-order valence-corrected chi connectivity index (χ1v) is 19.9. The van der Waals surface area contributed by atoms with E-state index in [1.807, 2.05) is 13.8 Å². The molecule has 0 aromatic carbocycles. The lowest BCUT2D eigenvalue weighted by atomic mass is 9.58. The van der Waals surface area contributed by atoms with Gasteiger partial charge in [0.25, 0.3) is 0 Å². The van der Waals surface area contributed by atoms with E-state index in [2.05, 4.69) is 40.3 Å². The van der Waals surface area contributed by atoms with Gasteiger partial charge in [0.2, 0.25) is 5.79 Å². The van der Waals surface area contributed by atoms with Crippen LogP contribution in [0.25, 0.3) is 0 Å². The van der Waals surface area contributed by atoms with Crippen molar-refractivity contribution in [3.05, 3.63) is 34.9 Å².